The largest absolute Gasteiger partial charge is 0.481 e. The summed E-state index contributed by atoms with van der Waals surface area (Å²) in [6, 6.07) is 8.57. The molecule has 3 aromatic rings. The third-order valence-corrected chi connectivity index (χ3v) is 3.89. The number of fused-ring (bicyclic) bond motifs is 1. The minimum atomic E-state index is -1.02. The van der Waals surface area contributed by atoms with Crippen LogP contribution in [0.4, 0.5) is 8.78 Å². The standard InChI is InChI=1S/C16H10BrF2NO2/c17-8-1-4-14-11(5-8)12(7-15(21)22)16(20-14)10-3-2-9(18)6-13(10)19/h1-6,20H,7H2,(H,21,22). The van der Waals surface area contributed by atoms with Crippen LogP contribution in [0.3, 0.4) is 0 Å². The van der Waals surface area contributed by atoms with E-state index in [1.54, 1.807) is 18.2 Å². The highest BCUT2D eigenvalue weighted by Crippen LogP contribution is 2.33. The lowest BCUT2D eigenvalue weighted by Gasteiger charge is -2.05. The Bertz CT molecular complexity index is 889. The highest BCUT2D eigenvalue weighted by atomic mass is 79.9. The predicted molar refractivity (Wildman–Crippen MR) is 82.7 cm³/mol. The summed E-state index contributed by atoms with van der Waals surface area (Å²) in [5, 5.41) is 9.81. The maximum absolute atomic E-state index is 14.0. The minimum absolute atomic E-state index is 0.143. The third-order valence-electron chi connectivity index (χ3n) is 3.40. The topological polar surface area (TPSA) is 53.1 Å². The van der Waals surface area contributed by atoms with E-state index in [4.69, 9.17) is 5.11 Å². The molecular weight excluding hydrogens is 356 g/mol. The highest BCUT2D eigenvalue weighted by molar-refractivity contribution is 9.10. The summed E-state index contributed by atoms with van der Waals surface area (Å²) in [6.07, 6.45) is -0.261. The van der Waals surface area contributed by atoms with E-state index in [1.807, 2.05) is 0 Å². The fourth-order valence-electron chi connectivity index (χ4n) is 2.48. The number of H-pyrrole nitrogens is 1. The van der Waals surface area contributed by atoms with Gasteiger partial charge in [-0.3, -0.25) is 4.79 Å². The number of carbonyl (C=O) groups is 1. The SMILES string of the molecule is O=C(O)Cc1c(-c2ccc(F)cc2F)[nH]c2ccc(Br)cc12. The molecular formula is C16H10BrF2NO2. The quantitative estimate of drug-likeness (QED) is 0.717. The number of halogens is 3. The second kappa shape index (κ2) is 5.53. The summed E-state index contributed by atoms with van der Waals surface area (Å²) in [5.41, 5.74) is 1.66. The molecule has 0 saturated carbocycles. The molecule has 0 spiro atoms. The molecule has 0 amide bonds. The normalized spacial score (nSPS) is 11.0. The van der Waals surface area contributed by atoms with E-state index >= 15 is 0 Å². The molecule has 112 valence electrons. The number of hydrogen-bond donors (Lipinski definition) is 2. The summed E-state index contributed by atoms with van der Waals surface area (Å²) in [5.74, 6) is -2.44. The van der Waals surface area contributed by atoms with Crippen molar-refractivity contribution in [3.05, 3.63) is 58.1 Å². The lowest BCUT2D eigenvalue weighted by Crippen LogP contribution is -2.01. The van der Waals surface area contributed by atoms with Crippen molar-refractivity contribution in [1.29, 1.82) is 0 Å². The number of carboxylic acids is 1. The molecule has 0 bridgehead atoms. The van der Waals surface area contributed by atoms with E-state index < -0.39 is 17.6 Å². The first-order valence-corrected chi connectivity index (χ1v) is 7.22. The van der Waals surface area contributed by atoms with Crippen molar-refractivity contribution in [2.24, 2.45) is 0 Å². The Labute approximate surface area is 132 Å². The van der Waals surface area contributed by atoms with Crippen LogP contribution >= 0.6 is 15.9 Å². The van der Waals surface area contributed by atoms with Gasteiger partial charge in [0.1, 0.15) is 11.6 Å². The first-order valence-electron chi connectivity index (χ1n) is 6.43. The van der Waals surface area contributed by atoms with Crippen LogP contribution in [0.1, 0.15) is 5.56 Å². The van der Waals surface area contributed by atoms with Crippen molar-refractivity contribution >= 4 is 32.8 Å². The molecule has 6 heteroatoms. The molecule has 0 aliphatic carbocycles. The molecule has 0 aliphatic rings. The van der Waals surface area contributed by atoms with Crippen LogP contribution < -0.4 is 0 Å². The molecule has 0 atom stereocenters. The monoisotopic (exact) mass is 365 g/mol. The Morgan fingerprint density at radius 3 is 2.64 bits per heavy atom. The first kappa shape index (κ1) is 14.7. The van der Waals surface area contributed by atoms with Gasteiger partial charge in [-0.1, -0.05) is 15.9 Å². The van der Waals surface area contributed by atoms with Crippen LogP contribution in [0.15, 0.2) is 40.9 Å². The summed E-state index contributed by atoms with van der Waals surface area (Å²) in [7, 11) is 0. The zero-order chi connectivity index (χ0) is 15.9. The molecule has 22 heavy (non-hydrogen) atoms. The molecule has 0 radical (unpaired) electrons. The number of aliphatic carboxylic acids is 1. The fraction of sp³-hybridized carbons (Fsp3) is 0.0625. The predicted octanol–water partition coefficient (Wildman–Crippen LogP) is 4.50. The van der Waals surface area contributed by atoms with Crippen LogP contribution in [-0.2, 0) is 11.2 Å². The first-order chi connectivity index (χ1) is 10.5. The Balaban J connectivity index is 2.30. The van der Waals surface area contributed by atoms with Crippen molar-refractivity contribution in [3.8, 4) is 11.3 Å². The van der Waals surface area contributed by atoms with Gasteiger partial charge >= 0.3 is 5.97 Å². The average molecular weight is 366 g/mol. The minimum Gasteiger partial charge on any atom is -0.481 e. The molecule has 0 saturated heterocycles. The molecule has 3 rings (SSSR count). The second-order valence-electron chi connectivity index (χ2n) is 4.86. The van der Waals surface area contributed by atoms with Gasteiger partial charge in [0.2, 0.25) is 0 Å². The van der Waals surface area contributed by atoms with Crippen LogP contribution in [0, 0.1) is 11.6 Å². The molecule has 0 aliphatic heterocycles. The van der Waals surface area contributed by atoms with Crippen molar-refractivity contribution in [2.45, 2.75) is 6.42 Å². The van der Waals surface area contributed by atoms with Gasteiger partial charge in [0, 0.05) is 27.0 Å². The summed E-state index contributed by atoms with van der Waals surface area (Å²) >= 11 is 3.34. The van der Waals surface area contributed by atoms with Crippen molar-refractivity contribution < 1.29 is 18.7 Å². The number of aromatic amines is 1. The summed E-state index contributed by atoms with van der Waals surface area (Å²) in [6.45, 7) is 0. The van der Waals surface area contributed by atoms with Crippen LogP contribution in [0.5, 0.6) is 0 Å². The Morgan fingerprint density at radius 2 is 1.95 bits per heavy atom. The highest BCUT2D eigenvalue weighted by Gasteiger charge is 2.18. The second-order valence-corrected chi connectivity index (χ2v) is 5.78. The molecule has 0 unspecified atom stereocenters. The van der Waals surface area contributed by atoms with Crippen LogP contribution in [-0.4, -0.2) is 16.1 Å². The van der Waals surface area contributed by atoms with E-state index in [1.165, 1.54) is 6.07 Å². The van der Waals surface area contributed by atoms with E-state index in [-0.39, 0.29) is 12.0 Å². The van der Waals surface area contributed by atoms with Crippen molar-refractivity contribution in [1.82, 2.24) is 4.98 Å². The molecule has 2 aromatic carbocycles. The van der Waals surface area contributed by atoms with Gasteiger partial charge in [-0.05, 0) is 35.9 Å². The van der Waals surface area contributed by atoms with Gasteiger partial charge in [0.05, 0.1) is 12.1 Å². The third kappa shape index (κ3) is 2.62. The van der Waals surface area contributed by atoms with Crippen LogP contribution in [0.25, 0.3) is 22.2 Å². The summed E-state index contributed by atoms with van der Waals surface area (Å²) < 4.78 is 27.9. The molecule has 1 aromatic heterocycles. The number of nitrogens with one attached hydrogen (secondary N) is 1. The average Bonchev–Trinajstić information content (AvgIpc) is 2.76. The van der Waals surface area contributed by atoms with Crippen molar-refractivity contribution in [3.63, 3.8) is 0 Å². The lowest BCUT2D eigenvalue weighted by atomic mass is 10.0. The molecule has 0 fully saturated rings. The van der Waals surface area contributed by atoms with E-state index in [0.29, 0.717) is 22.2 Å². The Hall–Kier alpha value is -2.21. The maximum Gasteiger partial charge on any atom is 0.307 e. The molecule has 3 nitrogen and oxygen atoms in total. The van der Waals surface area contributed by atoms with Gasteiger partial charge in [0.15, 0.2) is 0 Å². The van der Waals surface area contributed by atoms with Crippen LogP contribution in [0.2, 0.25) is 0 Å². The zero-order valence-corrected chi connectivity index (χ0v) is 12.7. The zero-order valence-electron chi connectivity index (χ0n) is 11.2. The van der Waals surface area contributed by atoms with Gasteiger partial charge in [-0.25, -0.2) is 8.78 Å². The van der Waals surface area contributed by atoms with E-state index in [9.17, 15) is 13.6 Å². The maximum atomic E-state index is 14.0. The van der Waals surface area contributed by atoms with E-state index in [2.05, 4.69) is 20.9 Å². The number of carboxylic acid groups (broad SMARTS) is 1. The summed E-state index contributed by atoms with van der Waals surface area (Å²) in [4.78, 5) is 14.2. The number of benzene rings is 2. The number of aromatic nitrogens is 1. The smallest absolute Gasteiger partial charge is 0.307 e. The van der Waals surface area contributed by atoms with Gasteiger partial charge in [-0.2, -0.15) is 0 Å². The lowest BCUT2D eigenvalue weighted by molar-refractivity contribution is -0.136. The molecule has 2 N–H and O–H groups in total. The van der Waals surface area contributed by atoms with Gasteiger partial charge in [-0.15, -0.1) is 0 Å². The van der Waals surface area contributed by atoms with E-state index in [0.717, 1.165) is 16.6 Å². The number of rotatable bonds is 3. The Kier molecular flexibility index (Phi) is 3.70. The van der Waals surface area contributed by atoms with Crippen molar-refractivity contribution in [2.75, 3.05) is 0 Å². The fourth-order valence-corrected chi connectivity index (χ4v) is 2.84. The Morgan fingerprint density at radius 1 is 1.18 bits per heavy atom. The van der Waals surface area contributed by atoms with Gasteiger partial charge in [0.25, 0.3) is 0 Å². The van der Waals surface area contributed by atoms with Gasteiger partial charge < -0.3 is 10.1 Å². The molecule has 1 heterocycles. The number of hydrogen-bond acceptors (Lipinski definition) is 1.